The number of hydrogen-bond donors (Lipinski definition) is 0. The van der Waals surface area contributed by atoms with Crippen molar-refractivity contribution in [3.63, 3.8) is 0 Å². The lowest BCUT2D eigenvalue weighted by Gasteiger charge is -2.26. The molecule has 0 radical (unpaired) electrons. The summed E-state index contributed by atoms with van der Waals surface area (Å²) in [6.45, 7) is 5.00. The number of hydrogen-bond acceptors (Lipinski definition) is 6. The van der Waals surface area contributed by atoms with Gasteiger partial charge in [-0.3, -0.25) is 0 Å². The van der Waals surface area contributed by atoms with Crippen LogP contribution in [-0.2, 0) is 0 Å². The van der Waals surface area contributed by atoms with Crippen molar-refractivity contribution in [2.75, 3.05) is 11.5 Å². The lowest BCUT2D eigenvalue weighted by atomic mass is 9.99. The molecule has 12 aromatic rings. The summed E-state index contributed by atoms with van der Waals surface area (Å²) >= 11 is 1.25. The first-order valence-corrected chi connectivity index (χ1v) is 22.8. The third-order valence-corrected chi connectivity index (χ3v) is 12.9. The lowest BCUT2D eigenvalue weighted by molar-refractivity contribution is 0.271. The van der Waals surface area contributed by atoms with Gasteiger partial charge < -0.3 is 18.6 Å². The Morgan fingerprint density at radius 2 is 1.18 bits per heavy atom. The van der Waals surface area contributed by atoms with E-state index >= 15 is 0 Å². The number of fused-ring (bicyclic) bond motifs is 7. The zero-order valence-corrected chi connectivity index (χ0v) is 36.7. The molecule has 312 valence electrons. The number of rotatable bonds is 10. The van der Waals surface area contributed by atoms with E-state index in [0.29, 0.717) is 12.5 Å². The van der Waals surface area contributed by atoms with Crippen molar-refractivity contribution in [3.8, 4) is 44.8 Å². The van der Waals surface area contributed by atoms with E-state index in [0.717, 1.165) is 100 Å². The van der Waals surface area contributed by atoms with Gasteiger partial charge in [0.15, 0.2) is 0 Å². The number of aromatic nitrogens is 3. The van der Waals surface area contributed by atoms with Crippen LogP contribution in [0.3, 0.4) is 0 Å². The van der Waals surface area contributed by atoms with Crippen LogP contribution in [-0.4, -0.2) is 19.9 Å². The molecule has 0 aliphatic rings. The number of para-hydroxylation sites is 4. The van der Waals surface area contributed by atoms with Crippen LogP contribution >= 0.6 is 11.7 Å². The Bertz CT molecular complexity index is 3700. The number of furan rings is 1. The molecule has 0 amide bonds. The van der Waals surface area contributed by atoms with Gasteiger partial charge in [-0.1, -0.05) is 147 Å². The molecule has 3 aromatic heterocycles. The van der Waals surface area contributed by atoms with Crippen molar-refractivity contribution in [1.82, 2.24) is 13.3 Å². The van der Waals surface area contributed by atoms with E-state index in [1.807, 2.05) is 18.2 Å². The highest BCUT2D eigenvalue weighted by Gasteiger charge is 2.24. The molecule has 0 saturated heterocycles. The third-order valence-electron chi connectivity index (χ3n) is 12.4. The molecule has 0 N–H and O–H groups in total. The Morgan fingerprint density at radius 3 is 1.98 bits per heavy atom. The van der Waals surface area contributed by atoms with Gasteiger partial charge in [-0.05, 0) is 83.3 Å². The molecule has 0 unspecified atom stereocenters. The van der Waals surface area contributed by atoms with Gasteiger partial charge >= 0.3 is 0 Å². The zero-order valence-electron chi connectivity index (χ0n) is 35.9. The maximum atomic E-state index is 6.46. The highest BCUT2D eigenvalue weighted by atomic mass is 32.1. The molecule has 0 bridgehead atoms. The molecule has 0 atom stereocenters. The summed E-state index contributed by atoms with van der Waals surface area (Å²) in [5.41, 5.74) is 16.3. The number of benzene rings is 9. The van der Waals surface area contributed by atoms with Gasteiger partial charge in [-0.25, -0.2) is 0 Å². The molecule has 0 spiro atoms. The van der Waals surface area contributed by atoms with Crippen molar-refractivity contribution in [3.05, 3.63) is 200 Å². The molecular weight excluding hydrogens is 817 g/mol. The van der Waals surface area contributed by atoms with Gasteiger partial charge in [0.05, 0.1) is 35.1 Å². The Kier molecular flexibility index (Phi) is 9.50. The Balaban J connectivity index is 1.01. The molecule has 7 heteroatoms. The Morgan fingerprint density at radius 1 is 0.538 bits per heavy atom. The second-order valence-corrected chi connectivity index (χ2v) is 17.5. The van der Waals surface area contributed by atoms with Crippen LogP contribution < -0.4 is 9.64 Å². The molecule has 0 aliphatic carbocycles. The minimum Gasteiger partial charge on any atom is -0.493 e. The van der Waals surface area contributed by atoms with Crippen molar-refractivity contribution < 1.29 is 9.15 Å². The van der Waals surface area contributed by atoms with E-state index in [9.17, 15) is 0 Å². The van der Waals surface area contributed by atoms with E-state index in [1.54, 1.807) is 0 Å². The average molecular weight is 859 g/mol. The standard InChI is InChI=1S/C58H42N4O2S/c1-37(2)36-63-44-16-10-15-43(35-44)62-52-23-8-6-17-46(52)49-20-12-21-50(57(49)62)48-33-34-53(56-55(48)59-65-60-56)61(41-29-25-39(26-30-41)38-13-4-3-5-14-38)42-31-27-40(28-32-42)45-19-11-22-51-47-18-7-9-24-54(47)64-58(45)51/h3-35,37H,36H2,1-2H3. The summed E-state index contributed by atoms with van der Waals surface area (Å²) in [5.74, 6) is 1.27. The predicted molar refractivity (Wildman–Crippen MR) is 270 cm³/mol. The fraction of sp³-hybridized carbons (Fsp3) is 0.0690. The normalized spacial score (nSPS) is 11.7. The molecular formula is C58H42N4O2S. The summed E-state index contributed by atoms with van der Waals surface area (Å²) < 4.78 is 25.2. The molecule has 6 nitrogen and oxygen atoms in total. The van der Waals surface area contributed by atoms with E-state index in [4.69, 9.17) is 17.9 Å². The Hall–Kier alpha value is -8.00. The molecule has 65 heavy (non-hydrogen) atoms. The zero-order chi connectivity index (χ0) is 43.4. The average Bonchev–Trinajstić information content (AvgIpc) is 4.10. The second kappa shape index (κ2) is 16.0. The van der Waals surface area contributed by atoms with Gasteiger partial charge in [0.25, 0.3) is 0 Å². The summed E-state index contributed by atoms with van der Waals surface area (Å²) in [7, 11) is 0. The monoisotopic (exact) mass is 858 g/mol. The summed E-state index contributed by atoms with van der Waals surface area (Å²) in [6.07, 6.45) is 0. The van der Waals surface area contributed by atoms with E-state index < -0.39 is 0 Å². The minimum atomic E-state index is 0.420. The molecule has 0 saturated carbocycles. The largest absolute Gasteiger partial charge is 0.493 e. The highest BCUT2D eigenvalue weighted by molar-refractivity contribution is 7.00. The predicted octanol–water partition coefficient (Wildman–Crippen LogP) is 16.2. The molecule has 3 heterocycles. The molecule has 0 aliphatic heterocycles. The molecule has 12 rings (SSSR count). The van der Waals surface area contributed by atoms with Crippen LogP contribution in [0.4, 0.5) is 17.1 Å². The van der Waals surface area contributed by atoms with Crippen LogP contribution in [0, 0.1) is 5.92 Å². The van der Waals surface area contributed by atoms with E-state index in [2.05, 4.69) is 205 Å². The van der Waals surface area contributed by atoms with Crippen molar-refractivity contribution >= 4 is 83.6 Å². The van der Waals surface area contributed by atoms with Gasteiger partial charge in [-0.15, -0.1) is 0 Å². The van der Waals surface area contributed by atoms with Crippen molar-refractivity contribution in [1.29, 1.82) is 0 Å². The fourth-order valence-corrected chi connectivity index (χ4v) is 9.92. The quantitative estimate of drug-likeness (QED) is 0.137. The Labute approximate surface area is 380 Å². The summed E-state index contributed by atoms with van der Waals surface area (Å²) in [4.78, 5) is 2.30. The van der Waals surface area contributed by atoms with Crippen LogP contribution in [0.25, 0.3) is 93.8 Å². The smallest absolute Gasteiger partial charge is 0.143 e. The lowest BCUT2D eigenvalue weighted by Crippen LogP contribution is -2.10. The summed E-state index contributed by atoms with van der Waals surface area (Å²) in [5, 5.41) is 4.59. The number of ether oxygens (including phenoxy) is 1. The van der Waals surface area contributed by atoms with E-state index in [1.165, 1.54) is 28.1 Å². The fourth-order valence-electron chi connectivity index (χ4n) is 9.36. The van der Waals surface area contributed by atoms with Crippen molar-refractivity contribution in [2.45, 2.75) is 13.8 Å². The molecule has 9 aromatic carbocycles. The number of nitrogens with zero attached hydrogens (tertiary/aromatic N) is 4. The van der Waals surface area contributed by atoms with E-state index in [-0.39, 0.29) is 0 Å². The van der Waals surface area contributed by atoms with Crippen LogP contribution in [0.5, 0.6) is 5.75 Å². The first-order valence-electron chi connectivity index (χ1n) is 22.0. The minimum absolute atomic E-state index is 0.420. The first-order chi connectivity index (χ1) is 32.1. The summed E-state index contributed by atoms with van der Waals surface area (Å²) in [6, 6.07) is 70.8. The van der Waals surface area contributed by atoms with Crippen molar-refractivity contribution in [2.24, 2.45) is 5.92 Å². The highest BCUT2D eigenvalue weighted by Crippen LogP contribution is 2.45. The van der Waals surface area contributed by atoms with Gasteiger partial charge in [-0.2, -0.15) is 8.75 Å². The first kappa shape index (κ1) is 38.7. The topological polar surface area (TPSA) is 56.3 Å². The van der Waals surface area contributed by atoms with Crippen LogP contribution in [0.15, 0.2) is 205 Å². The van der Waals surface area contributed by atoms with Crippen LogP contribution in [0.1, 0.15) is 13.8 Å². The van der Waals surface area contributed by atoms with Gasteiger partial charge in [0.2, 0.25) is 0 Å². The second-order valence-electron chi connectivity index (χ2n) is 16.9. The van der Waals surface area contributed by atoms with Gasteiger partial charge in [0.1, 0.15) is 27.9 Å². The maximum absolute atomic E-state index is 6.46. The SMILES string of the molecule is CC(C)COc1cccc(-n2c3ccccc3c3cccc(-c4ccc(N(c5ccc(-c6ccccc6)cc5)c5ccc(-c6cccc7c6oc6ccccc67)cc5)c5nsnc45)c32)c1. The number of anilines is 3. The molecule has 0 fully saturated rings. The maximum Gasteiger partial charge on any atom is 0.143 e. The van der Waals surface area contributed by atoms with Crippen LogP contribution in [0.2, 0.25) is 0 Å². The third kappa shape index (κ3) is 6.71. The van der Waals surface area contributed by atoms with Gasteiger partial charge in [0, 0.05) is 61.4 Å².